The molecule has 1 saturated heterocycles. The van der Waals surface area contributed by atoms with Gasteiger partial charge in [-0.25, -0.2) is 4.79 Å². The molecule has 0 aliphatic carbocycles. The van der Waals surface area contributed by atoms with Crippen molar-refractivity contribution in [1.82, 2.24) is 4.90 Å². The first kappa shape index (κ1) is 17.3. The third kappa shape index (κ3) is 5.25. The molecule has 2 unspecified atom stereocenters. The van der Waals surface area contributed by atoms with Crippen molar-refractivity contribution in [2.24, 2.45) is 11.7 Å². The molecule has 1 heterocycles. The van der Waals surface area contributed by atoms with Gasteiger partial charge in [-0.3, -0.25) is 4.79 Å². The molecule has 1 aromatic rings. The van der Waals surface area contributed by atoms with Gasteiger partial charge in [-0.1, -0.05) is 30.3 Å². The zero-order chi connectivity index (χ0) is 16.7. The van der Waals surface area contributed by atoms with Crippen molar-refractivity contribution in [3.8, 4) is 0 Å². The van der Waals surface area contributed by atoms with Crippen LogP contribution in [0.15, 0.2) is 30.3 Å². The predicted molar refractivity (Wildman–Crippen MR) is 85.5 cm³/mol. The number of hydrogen-bond donors (Lipinski definition) is 1. The molecular weight excluding hydrogens is 296 g/mol. The van der Waals surface area contributed by atoms with Gasteiger partial charge in [0, 0.05) is 19.1 Å². The van der Waals surface area contributed by atoms with Crippen molar-refractivity contribution in [3.63, 3.8) is 0 Å². The van der Waals surface area contributed by atoms with Crippen molar-refractivity contribution in [1.29, 1.82) is 0 Å². The van der Waals surface area contributed by atoms with E-state index in [1.807, 2.05) is 30.3 Å². The zero-order valence-electron chi connectivity index (χ0n) is 13.4. The molecular formula is C17H24N2O4. The van der Waals surface area contributed by atoms with E-state index < -0.39 is 0 Å². The van der Waals surface area contributed by atoms with Gasteiger partial charge >= 0.3 is 12.1 Å². The lowest BCUT2D eigenvalue weighted by Gasteiger charge is -2.34. The maximum atomic E-state index is 12.2. The first-order chi connectivity index (χ1) is 11.1. The van der Waals surface area contributed by atoms with E-state index in [4.69, 9.17) is 10.5 Å². The van der Waals surface area contributed by atoms with E-state index >= 15 is 0 Å². The average Bonchev–Trinajstić information content (AvgIpc) is 2.60. The fourth-order valence-electron chi connectivity index (χ4n) is 2.78. The van der Waals surface area contributed by atoms with Crippen LogP contribution in [0.4, 0.5) is 4.79 Å². The third-order valence-electron chi connectivity index (χ3n) is 4.16. The van der Waals surface area contributed by atoms with Gasteiger partial charge in [0.2, 0.25) is 0 Å². The lowest BCUT2D eigenvalue weighted by Crippen LogP contribution is -2.46. The number of piperidine rings is 1. The molecule has 2 N–H and O–H groups in total. The standard InChI is InChI=1S/C17H24N2O4/c1-22-16(20)10-15(18)14-8-5-9-19(11-14)17(21)23-12-13-6-3-2-4-7-13/h2-4,6-7,14-15H,5,8-12,18H2,1H3. The number of nitrogens with two attached hydrogens (primary N) is 1. The minimum atomic E-state index is -0.330. The van der Waals surface area contributed by atoms with Crippen LogP contribution < -0.4 is 5.73 Å². The fraction of sp³-hybridized carbons (Fsp3) is 0.529. The quantitative estimate of drug-likeness (QED) is 0.838. The highest BCUT2D eigenvalue weighted by atomic mass is 16.6. The Morgan fingerprint density at radius 1 is 1.35 bits per heavy atom. The summed E-state index contributed by atoms with van der Waals surface area (Å²) in [6.07, 6.45) is 1.61. The summed E-state index contributed by atoms with van der Waals surface area (Å²) in [6.45, 7) is 1.44. The number of ether oxygens (including phenoxy) is 2. The van der Waals surface area contributed by atoms with Gasteiger partial charge in [0.1, 0.15) is 6.61 Å². The van der Waals surface area contributed by atoms with Crippen LogP contribution in [0, 0.1) is 5.92 Å². The number of carbonyl (C=O) groups excluding carboxylic acids is 2. The minimum absolute atomic E-state index is 0.0899. The van der Waals surface area contributed by atoms with E-state index in [0.29, 0.717) is 13.1 Å². The normalized spacial score (nSPS) is 19.0. The van der Waals surface area contributed by atoms with Crippen LogP contribution in [0.5, 0.6) is 0 Å². The Kier molecular flexibility index (Phi) is 6.40. The van der Waals surface area contributed by atoms with E-state index in [2.05, 4.69) is 4.74 Å². The molecule has 2 rings (SSSR count). The van der Waals surface area contributed by atoms with Crippen molar-refractivity contribution in [2.45, 2.75) is 31.9 Å². The molecule has 0 saturated carbocycles. The Balaban J connectivity index is 1.82. The number of benzene rings is 1. The summed E-state index contributed by atoms with van der Waals surface area (Å²) in [4.78, 5) is 25.2. The highest BCUT2D eigenvalue weighted by Crippen LogP contribution is 2.21. The number of rotatable bonds is 5. The van der Waals surface area contributed by atoms with Crippen molar-refractivity contribution in [2.75, 3.05) is 20.2 Å². The second kappa shape index (κ2) is 8.53. The molecule has 6 nitrogen and oxygen atoms in total. The first-order valence-electron chi connectivity index (χ1n) is 7.88. The number of esters is 1. The third-order valence-corrected chi connectivity index (χ3v) is 4.16. The van der Waals surface area contributed by atoms with E-state index in [-0.39, 0.29) is 37.0 Å². The van der Waals surface area contributed by atoms with Gasteiger partial charge in [0.15, 0.2) is 0 Å². The summed E-state index contributed by atoms with van der Waals surface area (Å²) in [5, 5.41) is 0. The van der Waals surface area contributed by atoms with Crippen LogP contribution in [-0.4, -0.2) is 43.2 Å². The number of hydrogen-bond acceptors (Lipinski definition) is 5. The van der Waals surface area contributed by atoms with Crippen molar-refractivity contribution in [3.05, 3.63) is 35.9 Å². The van der Waals surface area contributed by atoms with Crippen molar-refractivity contribution < 1.29 is 19.1 Å². The average molecular weight is 320 g/mol. The smallest absolute Gasteiger partial charge is 0.410 e. The molecule has 1 aromatic carbocycles. The van der Waals surface area contributed by atoms with Crippen LogP contribution in [0.1, 0.15) is 24.8 Å². The molecule has 23 heavy (non-hydrogen) atoms. The summed E-state index contributed by atoms with van der Waals surface area (Å²) in [5.74, 6) is -0.228. The number of nitrogens with zero attached hydrogens (tertiary/aromatic N) is 1. The zero-order valence-corrected chi connectivity index (χ0v) is 13.4. The number of carbonyl (C=O) groups is 2. The summed E-state index contributed by atoms with van der Waals surface area (Å²) in [7, 11) is 1.35. The molecule has 1 aliphatic heterocycles. The molecule has 0 radical (unpaired) electrons. The Morgan fingerprint density at radius 2 is 2.09 bits per heavy atom. The Hall–Kier alpha value is -2.08. The summed E-state index contributed by atoms with van der Waals surface area (Å²) < 4.78 is 10.0. The number of methoxy groups -OCH3 is 1. The fourth-order valence-corrected chi connectivity index (χ4v) is 2.78. The number of likely N-dealkylation sites (tertiary alicyclic amines) is 1. The highest BCUT2D eigenvalue weighted by molar-refractivity contribution is 5.70. The molecule has 1 aliphatic rings. The molecule has 6 heteroatoms. The van der Waals surface area contributed by atoms with Crippen LogP contribution in [0.2, 0.25) is 0 Å². The van der Waals surface area contributed by atoms with Gasteiger partial charge in [0.25, 0.3) is 0 Å². The lowest BCUT2D eigenvalue weighted by molar-refractivity contribution is -0.141. The molecule has 126 valence electrons. The topological polar surface area (TPSA) is 81.9 Å². The monoisotopic (exact) mass is 320 g/mol. The SMILES string of the molecule is COC(=O)CC(N)C1CCCN(C(=O)OCc2ccccc2)C1. The Bertz CT molecular complexity index is 521. The van der Waals surface area contributed by atoms with Crippen LogP contribution in [-0.2, 0) is 20.9 Å². The first-order valence-corrected chi connectivity index (χ1v) is 7.88. The van der Waals surface area contributed by atoms with E-state index in [1.165, 1.54) is 7.11 Å². The molecule has 1 fully saturated rings. The molecule has 0 aromatic heterocycles. The second-order valence-electron chi connectivity index (χ2n) is 5.83. The van der Waals surface area contributed by atoms with Crippen LogP contribution in [0.3, 0.4) is 0 Å². The molecule has 2 atom stereocenters. The van der Waals surface area contributed by atoms with E-state index in [9.17, 15) is 9.59 Å². The van der Waals surface area contributed by atoms with Gasteiger partial charge in [-0.2, -0.15) is 0 Å². The Labute approximate surface area is 136 Å². The van der Waals surface area contributed by atoms with Gasteiger partial charge in [-0.15, -0.1) is 0 Å². The largest absolute Gasteiger partial charge is 0.469 e. The summed E-state index contributed by atoms with van der Waals surface area (Å²) >= 11 is 0. The second-order valence-corrected chi connectivity index (χ2v) is 5.83. The van der Waals surface area contributed by atoms with Crippen molar-refractivity contribution >= 4 is 12.1 Å². The maximum absolute atomic E-state index is 12.2. The lowest BCUT2D eigenvalue weighted by atomic mass is 9.89. The van der Waals surface area contributed by atoms with Gasteiger partial charge in [-0.05, 0) is 24.3 Å². The molecule has 1 amide bonds. The Morgan fingerprint density at radius 3 is 2.78 bits per heavy atom. The molecule has 0 bridgehead atoms. The summed E-state index contributed by atoms with van der Waals surface area (Å²) in [6, 6.07) is 9.27. The van der Waals surface area contributed by atoms with Crippen LogP contribution >= 0.6 is 0 Å². The minimum Gasteiger partial charge on any atom is -0.469 e. The summed E-state index contributed by atoms with van der Waals surface area (Å²) in [5.41, 5.74) is 7.03. The number of amides is 1. The predicted octanol–water partition coefficient (Wildman–Crippen LogP) is 1.93. The van der Waals surface area contributed by atoms with Crippen LogP contribution in [0.25, 0.3) is 0 Å². The van der Waals surface area contributed by atoms with E-state index in [1.54, 1.807) is 4.90 Å². The van der Waals surface area contributed by atoms with E-state index in [0.717, 1.165) is 18.4 Å². The van der Waals surface area contributed by atoms with Gasteiger partial charge in [0.05, 0.1) is 13.5 Å². The van der Waals surface area contributed by atoms with Gasteiger partial charge < -0.3 is 20.1 Å². The maximum Gasteiger partial charge on any atom is 0.410 e. The molecule has 0 spiro atoms. The highest BCUT2D eigenvalue weighted by Gasteiger charge is 2.29.